The molecule has 3 amide bonds. The summed E-state index contributed by atoms with van der Waals surface area (Å²) in [5.41, 5.74) is 1.67. The number of hydrogen-bond donors (Lipinski definition) is 0. The van der Waals surface area contributed by atoms with Crippen LogP contribution >= 0.6 is 11.8 Å². The second-order valence-electron chi connectivity index (χ2n) is 7.65. The fourth-order valence-electron chi connectivity index (χ4n) is 4.28. The van der Waals surface area contributed by atoms with Crippen LogP contribution < -0.4 is 4.90 Å². The number of anilines is 1. The first-order valence-electron chi connectivity index (χ1n) is 10.4. The van der Waals surface area contributed by atoms with Crippen LogP contribution in [0.5, 0.6) is 0 Å². The predicted molar refractivity (Wildman–Crippen MR) is 126 cm³/mol. The van der Waals surface area contributed by atoms with E-state index in [-0.39, 0.29) is 18.9 Å². The molecule has 2 unspecified atom stereocenters. The predicted octanol–water partition coefficient (Wildman–Crippen LogP) is 4.31. The van der Waals surface area contributed by atoms with Crippen molar-refractivity contribution in [2.75, 3.05) is 11.4 Å². The van der Waals surface area contributed by atoms with Crippen molar-refractivity contribution < 1.29 is 9.59 Å². The van der Waals surface area contributed by atoms with Gasteiger partial charge < -0.3 is 4.90 Å². The van der Waals surface area contributed by atoms with E-state index in [1.165, 1.54) is 22.9 Å². The third kappa shape index (κ3) is 3.42. The van der Waals surface area contributed by atoms with Crippen molar-refractivity contribution in [1.82, 2.24) is 9.88 Å². The molecule has 7 nitrogen and oxygen atoms in total. The van der Waals surface area contributed by atoms with Gasteiger partial charge in [-0.3, -0.25) is 9.78 Å². The lowest BCUT2D eigenvalue weighted by Crippen LogP contribution is -2.62. The van der Waals surface area contributed by atoms with Crippen molar-refractivity contribution in [3.63, 3.8) is 0 Å². The molecular formula is C25H17N5O2S. The topological polar surface area (TPSA) is 101 Å². The maximum absolute atomic E-state index is 13.7. The molecule has 2 aliphatic heterocycles. The summed E-state index contributed by atoms with van der Waals surface area (Å²) >= 11 is 1.35. The Hall–Kier alpha value is -4.14. The molecule has 1 saturated heterocycles. The fourth-order valence-corrected chi connectivity index (χ4v) is 5.65. The number of pyridine rings is 1. The van der Waals surface area contributed by atoms with Gasteiger partial charge in [-0.25, -0.2) is 9.69 Å². The molecule has 1 aromatic heterocycles. The molecule has 33 heavy (non-hydrogen) atoms. The van der Waals surface area contributed by atoms with Crippen LogP contribution in [0.1, 0.15) is 17.5 Å². The monoisotopic (exact) mass is 451 g/mol. The Morgan fingerprint density at radius 2 is 1.82 bits per heavy atom. The number of fused-ring (bicyclic) bond motifs is 2. The first kappa shape index (κ1) is 20.7. The van der Waals surface area contributed by atoms with Gasteiger partial charge in [0.25, 0.3) is 5.91 Å². The number of carbonyl (C=O) groups is 2. The van der Waals surface area contributed by atoms with Crippen LogP contribution in [0.25, 0.3) is 15.7 Å². The smallest absolute Gasteiger partial charge is 0.315 e. The minimum absolute atomic E-state index is 0.146. The van der Waals surface area contributed by atoms with Gasteiger partial charge in [0.05, 0.1) is 42.0 Å². The molecule has 0 spiro atoms. The summed E-state index contributed by atoms with van der Waals surface area (Å²) in [6, 6.07) is 18.0. The van der Waals surface area contributed by atoms with Gasteiger partial charge in [-0.1, -0.05) is 42.5 Å². The summed E-state index contributed by atoms with van der Waals surface area (Å²) in [5.74, 6) is -0.331. The summed E-state index contributed by atoms with van der Waals surface area (Å²) < 4.78 is 0. The first-order valence-corrected chi connectivity index (χ1v) is 11.2. The van der Waals surface area contributed by atoms with Gasteiger partial charge in [-0.2, -0.15) is 10.5 Å². The summed E-state index contributed by atoms with van der Waals surface area (Å²) in [6.45, 7) is 0.197. The van der Waals surface area contributed by atoms with Crippen molar-refractivity contribution in [2.45, 2.75) is 17.7 Å². The minimum atomic E-state index is -0.581. The van der Waals surface area contributed by atoms with Gasteiger partial charge in [-0.05, 0) is 12.1 Å². The molecule has 2 atom stereocenters. The molecule has 0 N–H and O–H groups in total. The Morgan fingerprint density at radius 1 is 1.03 bits per heavy atom. The van der Waals surface area contributed by atoms with E-state index in [4.69, 9.17) is 5.26 Å². The number of carbonyl (C=O) groups excluding carboxylic acids is 2. The Balaban J connectivity index is 1.60. The van der Waals surface area contributed by atoms with Crippen LogP contribution in [0.15, 0.2) is 67.0 Å². The number of amides is 3. The number of benzene rings is 2. The van der Waals surface area contributed by atoms with E-state index in [2.05, 4.69) is 17.1 Å². The van der Waals surface area contributed by atoms with Crippen LogP contribution in [0.2, 0.25) is 0 Å². The molecule has 0 aliphatic carbocycles. The first-order chi connectivity index (χ1) is 16.1. The molecule has 0 radical (unpaired) electrons. The number of imide groups is 1. The van der Waals surface area contributed by atoms with Gasteiger partial charge in [0.1, 0.15) is 5.25 Å². The Morgan fingerprint density at radius 3 is 2.64 bits per heavy atom. The zero-order valence-corrected chi connectivity index (χ0v) is 18.2. The van der Waals surface area contributed by atoms with E-state index < -0.39 is 17.3 Å². The molecular weight excluding hydrogens is 434 g/mol. The SMILES string of the molecule is N#CCCN1C(=O)N(c2cncc3ccccc23)C(=O)C2SC(c3ccccc3C#N)=CC21. The second-order valence-corrected chi connectivity index (χ2v) is 8.84. The van der Waals surface area contributed by atoms with E-state index in [9.17, 15) is 14.9 Å². The summed E-state index contributed by atoms with van der Waals surface area (Å²) in [5, 5.41) is 19.7. The Bertz CT molecular complexity index is 1400. The van der Waals surface area contributed by atoms with Crippen molar-refractivity contribution in [1.29, 1.82) is 10.5 Å². The van der Waals surface area contributed by atoms with Crippen LogP contribution in [0.3, 0.4) is 0 Å². The molecule has 1 fully saturated rings. The van der Waals surface area contributed by atoms with E-state index in [0.717, 1.165) is 21.2 Å². The quantitative estimate of drug-likeness (QED) is 0.586. The van der Waals surface area contributed by atoms with Crippen molar-refractivity contribution in [3.8, 4) is 12.1 Å². The summed E-state index contributed by atoms with van der Waals surface area (Å²) in [6.07, 6.45) is 5.24. The lowest BCUT2D eigenvalue weighted by molar-refractivity contribution is -0.119. The molecule has 2 aliphatic rings. The van der Waals surface area contributed by atoms with E-state index in [0.29, 0.717) is 11.3 Å². The number of aromatic nitrogens is 1. The lowest BCUT2D eigenvalue weighted by atomic mass is 10.0. The summed E-state index contributed by atoms with van der Waals surface area (Å²) in [7, 11) is 0. The third-order valence-corrected chi connectivity index (χ3v) is 7.16. The highest BCUT2D eigenvalue weighted by Gasteiger charge is 2.50. The van der Waals surface area contributed by atoms with Gasteiger partial charge in [0, 0.05) is 34.0 Å². The molecule has 3 heterocycles. The van der Waals surface area contributed by atoms with Gasteiger partial charge in [0.15, 0.2) is 0 Å². The normalized spacial score (nSPS) is 19.8. The third-order valence-electron chi connectivity index (χ3n) is 5.81. The highest BCUT2D eigenvalue weighted by atomic mass is 32.2. The fraction of sp³-hybridized carbons (Fsp3) is 0.160. The van der Waals surface area contributed by atoms with Gasteiger partial charge >= 0.3 is 6.03 Å². The maximum Gasteiger partial charge on any atom is 0.332 e. The van der Waals surface area contributed by atoms with Crippen molar-refractivity contribution >= 4 is 45.1 Å². The van der Waals surface area contributed by atoms with Crippen LogP contribution in [-0.4, -0.2) is 39.7 Å². The Labute approximate surface area is 194 Å². The number of thioether (sulfide) groups is 1. The van der Waals surface area contributed by atoms with Crippen molar-refractivity contribution in [3.05, 3.63) is 78.1 Å². The highest BCUT2D eigenvalue weighted by Crippen LogP contribution is 2.46. The van der Waals surface area contributed by atoms with E-state index in [1.54, 1.807) is 23.2 Å². The van der Waals surface area contributed by atoms with Crippen molar-refractivity contribution in [2.24, 2.45) is 0 Å². The lowest BCUT2D eigenvalue weighted by Gasteiger charge is -2.41. The van der Waals surface area contributed by atoms with E-state index in [1.807, 2.05) is 42.5 Å². The summed E-state index contributed by atoms with van der Waals surface area (Å²) in [4.78, 5) is 35.1. The molecule has 3 aromatic rings. The van der Waals surface area contributed by atoms with Crippen LogP contribution in [0, 0.1) is 22.7 Å². The second kappa shape index (κ2) is 8.42. The Kier molecular flexibility index (Phi) is 5.29. The van der Waals surface area contributed by atoms with Crippen LogP contribution in [0.4, 0.5) is 10.5 Å². The molecule has 0 saturated carbocycles. The molecule has 5 rings (SSSR count). The number of rotatable bonds is 4. The molecule has 0 bridgehead atoms. The maximum atomic E-state index is 13.7. The standard InChI is InChI=1S/C25H17N5O2S/c26-10-5-11-29-20-12-22(19-9-4-1-6-16(19)13-27)33-23(20)24(31)30(25(29)32)21-15-28-14-17-7-2-3-8-18(17)21/h1-4,6-9,12,14-15,20,23H,5,11H2. The van der Waals surface area contributed by atoms with E-state index >= 15 is 0 Å². The zero-order valence-electron chi connectivity index (χ0n) is 17.4. The highest BCUT2D eigenvalue weighted by molar-refractivity contribution is 8.09. The van der Waals surface area contributed by atoms with Gasteiger partial charge in [0.2, 0.25) is 0 Å². The zero-order chi connectivity index (χ0) is 22.9. The van der Waals surface area contributed by atoms with Crippen LogP contribution in [-0.2, 0) is 4.79 Å². The average Bonchev–Trinajstić information content (AvgIpc) is 3.29. The molecule has 2 aromatic carbocycles. The molecule has 8 heteroatoms. The molecule has 160 valence electrons. The van der Waals surface area contributed by atoms with Gasteiger partial charge in [-0.15, -0.1) is 11.8 Å². The number of nitrogens with zero attached hydrogens (tertiary/aromatic N) is 5. The average molecular weight is 452 g/mol. The number of hydrogen-bond acceptors (Lipinski definition) is 6. The largest absolute Gasteiger partial charge is 0.332 e. The number of urea groups is 1. The minimum Gasteiger partial charge on any atom is -0.315 e. The number of nitriles is 2.